The molecule has 0 saturated heterocycles. The first-order chi connectivity index (χ1) is 9.56. The van der Waals surface area contributed by atoms with Crippen LogP contribution in [0.2, 0.25) is 0 Å². The summed E-state index contributed by atoms with van der Waals surface area (Å²) >= 11 is 0. The molecule has 0 aliphatic rings. The summed E-state index contributed by atoms with van der Waals surface area (Å²) in [7, 11) is 1.35. The van der Waals surface area contributed by atoms with Crippen LogP contribution in [-0.4, -0.2) is 24.6 Å². The largest absolute Gasteiger partial charge is 0.469 e. The van der Waals surface area contributed by atoms with Gasteiger partial charge in [-0.3, -0.25) is 9.78 Å². The van der Waals surface area contributed by atoms with Gasteiger partial charge in [0.2, 0.25) is 0 Å². The number of carbonyl (C=O) groups is 1. The fourth-order valence-corrected chi connectivity index (χ4v) is 2.21. The molecule has 106 valence electrons. The van der Waals surface area contributed by atoms with Gasteiger partial charge in [-0.2, -0.15) is 0 Å². The van der Waals surface area contributed by atoms with Gasteiger partial charge in [0, 0.05) is 28.9 Å². The van der Waals surface area contributed by atoms with Gasteiger partial charge in [-0.1, -0.05) is 0 Å². The fraction of sp³-hybridized carbons (Fsp3) is 0.333. The Balaban J connectivity index is 2.67. The van der Waals surface area contributed by atoms with Crippen LogP contribution in [0.1, 0.15) is 18.2 Å². The minimum atomic E-state index is -0.343. The minimum Gasteiger partial charge on any atom is -0.469 e. The number of methoxy groups -OCH3 is 1. The number of halogens is 1. The zero-order valence-corrected chi connectivity index (χ0v) is 11.8. The third-order valence-corrected chi connectivity index (χ3v) is 3.16. The lowest BCUT2D eigenvalue weighted by Gasteiger charge is -2.15. The van der Waals surface area contributed by atoms with E-state index in [-0.39, 0.29) is 18.2 Å². The number of ether oxygens (including phenoxy) is 1. The van der Waals surface area contributed by atoms with E-state index in [1.54, 1.807) is 6.07 Å². The van der Waals surface area contributed by atoms with Gasteiger partial charge in [0.1, 0.15) is 5.82 Å². The molecule has 0 atom stereocenters. The van der Waals surface area contributed by atoms with Gasteiger partial charge >= 0.3 is 5.97 Å². The first kappa shape index (κ1) is 14.2. The Morgan fingerprint density at radius 3 is 2.85 bits per heavy atom. The van der Waals surface area contributed by atoms with E-state index in [0.717, 1.165) is 16.9 Å². The molecule has 0 unspecified atom stereocenters. The zero-order valence-electron chi connectivity index (χ0n) is 11.8. The van der Waals surface area contributed by atoms with Crippen LogP contribution in [0, 0.1) is 12.7 Å². The number of anilines is 1. The number of aromatic nitrogens is 1. The van der Waals surface area contributed by atoms with Crippen molar-refractivity contribution in [3.63, 3.8) is 0 Å². The van der Waals surface area contributed by atoms with Gasteiger partial charge in [0.05, 0.1) is 19.0 Å². The van der Waals surface area contributed by atoms with Crippen molar-refractivity contribution >= 4 is 22.6 Å². The average Bonchev–Trinajstić information content (AvgIpc) is 2.43. The van der Waals surface area contributed by atoms with Crippen LogP contribution in [0.3, 0.4) is 0 Å². The van der Waals surface area contributed by atoms with Gasteiger partial charge in [-0.25, -0.2) is 4.39 Å². The SMILES string of the molecule is CCNc1c(CC(=O)OC)c(C)nc2ccc(F)cc12. The second kappa shape index (κ2) is 5.86. The molecular formula is C15H17FN2O2. The fourth-order valence-electron chi connectivity index (χ4n) is 2.21. The summed E-state index contributed by atoms with van der Waals surface area (Å²) in [6, 6.07) is 4.45. The lowest BCUT2D eigenvalue weighted by molar-refractivity contribution is -0.139. The van der Waals surface area contributed by atoms with E-state index in [1.807, 2.05) is 13.8 Å². The van der Waals surface area contributed by atoms with Crippen LogP contribution in [-0.2, 0) is 16.0 Å². The number of pyridine rings is 1. The summed E-state index contributed by atoms with van der Waals surface area (Å²) < 4.78 is 18.2. The molecular weight excluding hydrogens is 259 g/mol. The summed E-state index contributed by atoms with van der Waals surface area (Å²) in [5.41, 5.74) is 2.94. The zero-order chi connectivity index (χ0) is 14.7. The molecule has 0 spiro atoms. The van der Waals surface area contributed by atoms with Crippen molar-refractivity contribution in [2.24, 2.45) is 0 Å². The molecule has 0 bridgehead atoms. The molecule has 0 aliphatic carbocycles. The third kappa shape index (κ3) is 2.71. The van der Waals surface area contributed by atoms with Crippen molar-refractivity contribution in [3.05, 3.63) is 35.3 Å². The van der Waals surface area contributed by atoms with Gasteiger partial charge in [0.25, 0.3) is 0 Å². The number of esters is 1. The Bertz CT molecular complexity index is 656. The smallest absolute Gasteiger partial charge is 0.310 e. The van der Waals surface area contributed by atoms with Gasteiger partial charge in [-0.05, 0) is 32.0 Å². The number of hydrogen-bond donors (Lipinski definition) is 1. The monoisotopic (exact) mass is 276 g/mol. The quantitative estimate of drug-likeness (QED) is 0.872. The minimum absolute atomic E-state index is 0.115. The molecule has 5 heteroatoms. The molecule has 20 heavy (non-hydrogen) atoms. The highest BCUT2D eigenvalue weighted by molar-refractivity contribution is 5.95. The highest BCUT2D eigenvalue weighted by atomic mass is 19.1. The summed E-state index contributed by atoms with van der Waals surface area (Å²) in [5.74, 6) is -0.670. The molecule has 1 heterocycles. The Kier molecular flexibility index (Phi) is 4.17. The van der Waals surface area contributed by atoms with Gasteiger partial charge < -0.3 is 10.1 Å². The summed E-state index contributed by atoms with van der Waals surface area (Å²) in [6.45, 7) is 4.45. The molecule has 2 aromatic rings. The molecule has 1 N–H and O–H groups in total. The number of benzene rings is 1. The summed E-state index contributed by atoms with van der Waals surface area (Å²) in [5, 5.41) is 3.88. The van der Waals surface area contributed by atoms with E-state index in [2.05, 4.69) is 10.3 Å². The van der Waals surface area contributed by atoms with Crippen molar-refractivity contribution in [3.8, 4) is 0 Å². The second-order valence-electron chi connectivity index (χ2n) is 4.50. The van der Waals surface area contributed by atoms with Crippen LogP contribution in [0.4, 0.5) is 10.1 Å². The van der Waals surface area contributed by atoms with Gasteiger partial charge in [0.15, 0.2) is 0 Å². The average molecular weight is 276 g/mol. The van der Waals surface area contributed by atoms with Crippen molar-refractivity contribution in [2.75, 3.05) is 19.0 Å². The summed E-state index contributed by atoms with van der Waals surface area (Å²) in [6.07, 6.45) is 0.115. The highest BCUT2D eigenvalue weighted by Crippen LogP contribution is 2.29. The van der Waals surface area contributed by atoms with Crippen molar-refractivity contribution in [1.82, 2.24) is 4.98 Å². The normalized spacial score (nSPS) is 10.6. The van der Waals surface area contributed by atoms with E-state index >= 15 is 0 Å². The first-order valence-corrected chi connectivity index (χ1v) is 6.46. The third-order valence-electron chi connectivity index (χ3n) is 3.16. The Morgan fingerprint density at radius 1 is 1.45 bits per heavy atom. The molecule has 1 aromatic heterocycles. The number of hydrogen-bond acceptors (Lipinski definition) is 4. The molecule has 4 nitrogen and oxygen atoms in total. The predicted molar refractivity (Wildman–Crippen MR) is 76.3 cm³/mol. The Labute approximate surface area is 117 Å². The van der Waals surface area contributed by atoms with Crippen LogP contribution in [0.15, 0.2) is 18.2 Å². The maximum Gasteiger partial charge on any atom is 0.310 e. The van der Waals surface area contributed by atoms with E-state index in [4.69, 9.17) is 4.74 Å². The standard InChI is InChI=1S/C15H17FN2O2/c1-4-17-15-11(8-14(19)20-3)9(2)18-13-6-5-10(16)7-12(13)15/h5-7H,4,8H2,1-3H3,(H,17,18). The van der Waals surface area contributed by atoms with Crippen LogP contribution >= 0.6 is 0 Å². The number of nitrogens with one attached hydrogen (secondary N) is 1. The molecule has 1 aromatic carbocycles. The predicted octanol–water partition coefficient (Wildman–Crippen LogP) is 2.83. The molecule has 0 saturated carbocycles. The second-order valence-corrected chi connectivity index (χ2v) is 4.50. The van der Waals surface area contributed by atoms with E-state index in [1.165, 1.54) is 19.2 Å². The molecule has 0 aliphatic heterocycles. The van der Waals surface area contributed by atoms with Crippen molar-refractivity contribution < 1.29 is 13.9 Å². The lowest BCUT2D eigenvalue weighted by Crippen LogP contribution is -2.11. The molecule has 0 fully saturated rings. The number of carbonyl (C=O) groups excluding carboxylic acids is 1. The molecule has 0 amide bonds. The summed E-state index contributed by atoms with van der Waals surface area (Å²) in [4.78, 5) is 16.0. The Hall–Kier alpha value is -2.17. The Morgan fingerprint density at radius 2 is 2.20 bits per heavy atom. The van der Waals surface area contributed by atoms with Crippen molar-refractivity contribution in [1.29, 1.82) is 0 Å². The topological polar surface area (TPSA) is 51.2 Å². The number of fused-ring (bicyclic) bond motifs is 1. The van der Waals surface area contributed by atoms with Crippen LogP contribution in [0.25, 0.3) is 10.9 Å². The maximum absolute atomic E-state index is 13.5. The van der Waals surface area contributed by atoms with Crippen LogP contribution < -0.4 is 5.32 Å². The highest BCUT2D eigenvalue weighted by Gasteiger charge is 2.16. The molecule has 2 rings (SSSR count). The lowest BCUT2D eigenvalue weighted by atomic mass is 10.0. The number of rotatable bonds is 4. The maximum atomic E-state index is 13.5. The van der Waals surface area contributed by atoms with E-state index < -0.39 is 0 Å². The van der Waals surface area contributed by atoms with Gasteiger partial charge in [-0.15, -0.1) is 0 Å². The van der Waals surface area contributed by atoms with E-state index in [0.29, 0.717) is 17.4 Å². The van der Waals surface area contributed by atoms with Crippen LogP contribution in [0.5, 0.6) is 0 Å². The first-order valence-electron chi connectivity index (χ1n) is 6.46. The number of aryl methyl sites for hydroxylation is 1. The van der Waals surface area contributed by atoms with E-state index in [9.17, 15) is 9.18 Å². The van der Waals surface area contributed by atoms with Crippen molar-refractivity contribution in [2.45, 2.75) is 20.3 Å². The molecule has 0 radical (unpaired) electrons. The number of nitrogens with zero attached hydrogens (tertiary/aromatic N) is 1.